The van der Waals surface area contributed by atoms with E-state index in [2.05, 4.69) is 20.1 Å². The highest BCUT2D eigenvalue weighted by Crippen LogP contribution is 2.49. The van der Waals surface area contributed by atoms with E-state index in [-0.39, 0.29) is 0 Å². The molecule has 1 saturated heterocycles. The van der Waals surface area contributed by atoms with Gasteiger partial charge in [0.05, 0.1) is 0 Å². The van der Waals surface area contributed by atoms with Gasteiger partial charge in [-0.05, 0) is 49.9 Å². The number of nitrogens with zero attached hydrogens (tertiary/aromatic N) is 3. The third kappa shape index (κ3) is 2.58. The van der Waals surface area contributed by atoms with Gasteiger partial charge in [-0.15, -0.1) is 0 Å². The Labute approximate surface area is 125 Å². The molecule has 3 unspecified atom stereocenters. The van der Waals surface area contributed by atoms with Gasteiger partial charge >= 0.3 is 0 Å². The molecule has 21 heavy (non-hydrogen) atoms. The number of amides is 1. The van der Waals surface area contributed by atoms with E-state index < -0.39 is 0 Å². The Morgan fingerprint density at radius 2 is 2.10 bits per heavy atom. The third-order valence-electron chi connectivity index (χ3n) is 5.99. The Bertz CT molecular complexity index is 492. The number of aromatic amines is 1. The van der Waals surface area contributed by atoms with E-state index in [0.717, 1.165) is 50.0 Å². The lowest BCUT2D eigenvalue weighted by Gasteiger charge is -2.32. The van der Waals surface area contributed by atoms with Crippen LogP contribution in [0.3, 0.4) is 0 Å². The first-order valence-electron chi connectivity index (χ1n) is 8.42. The lowest BCUT2D eigenvalue weighted by atomic mass is 9.86. The number of H-pyrrole nitrogens is 1. The zero-order valence-electron chi connectivity index (χ0n) is 12.5. The second-order valence-corrected chi connectivity index (χ2v) is 7.16. The normalized spacial score (nSPS) is 32.8. The maximum atomic E-state index is 12.5. The summed E-state index contributed by atoms with van der Waals surface area (Å²) in [7, 11) is 0. The van der Waals surface area contributed by atoms with Crippen LogP contribution in [0.5, 0.6) is 0 Å². The summed E-state index contributed by atoms with van der Waals surface area (Å²) < 4.78 is 0. The number of piperidine rings is 1. The Morgan fingerprint density at radius 1 is 1.24 bits per heavy atom. The van der Waals surface area contributed by atoms with Crippen LogP contribution in [0.25, 0.3) is 0 Å². The van der Waals surface area contributed by atoms with Crippen LogP contribution in [0.1, 0.15) is 56.7 Å². The van der Waals surface area contributed by atoms with Gasteiger partial charge in [0, 0.05) is 25.4 Å². The molecular weight excluding hydrogens is 264 g/mol. The molecule has 1 aromatic rings. The molecule has 1 aromatic heterocycles. The first kappa shape index (κ1) is 13.3. The molecule has 0 aromatic carbocycles. The summed E-state index contributed by atoms with van der Waals surface area (Å²) >= 11 is 0. The monoisotopic (exact) mass is 288 g/mol. The number of likely N-dealkylation sites (tertiary alicyclic amines) is 1. The van der Waals surface area contributed by atoms with Gasteiger partial charge in [-0.1, -0.05) is 6.42 Å². The second-order valence-electron chi connectivity index (χ2n) is 7.16. The Balaban J connectivity index is 1.29. The molecular formula is C16H24N4O. The van der Waals surface area contributed by atoms with Crippen LogP contribution in [0.4, 0.5) is 0 Å². The molecule has 4 rings (SSSR count). The standard InChI is InChI=1S/C16H24N4O/c21-15(9-14-8-11-1-2-13(14)7-11)20-5-3-12(4-6-20)16-17-10-18-19-16/h10-14H,1-9H2,(H,17,18,19). The van der Waals surface area contributed by atoms with Crippen molar-refractivity contribution in [2.24, 2.45) is 17.8 Å². The van der Waals surface area contributed by atoms with Crippen LogP contribution in [0, 0.1) is 17.8 Å². The number of fused-ring (bicyclic) bond motifs is 2. The van der Waals surface area contributed by atoms with E-state index >= 15 is 0 Å². The third-order valence-corrected chi connectivity index (χ3v) is 5.99. The van der Waals surface area contributed by atoms with Crippen molar-refractivity contribution in [1.29, 1.82) is 0 Å². The van der Waals surface area contributed by atoms with E-state index in [1.54, 1.807) is 6.33 Å². The molecule has 0 radical (unpaired) electrons. The Morgan fingerprint density at radius 3 is 2.71 bits per heavy atom. The summed E-state index contributed by atoms with van der Waals surface area (Å²) in [5.41, 5.74) is 0. The molecule has 2 bridgehead atoms. The quantitative estimate of drug-likeness (QED) is 0.928. The number of carbonyl (C=O) groups excluding carboxylic acids is 1. The number of nitrogens with one attached hydrogen (secondary N) is 1. The number of rotatable bonds is 3. The summed E-state index contributed by atoms with van der Waals surface area (Å²) in [6.45, 7) is 1.76. The smallest absolute Gasteiger partial charge is 0.222 e. The van der Waals surface area contributed by atoms with Crippen LogP contribution in [-0.2, 0) is 4.79 Å². The molecule has 2 saturated carbocycles. The summed E-state index contributed by atoms with van der Waals surface area (Å²) in [5.74, 6) is 4.29. The molecule has 3 atom stereocenters. The van der Waals surface area contributed by atoms with Gasteiger partial charge in [0.1, 0.15) is 12.2 Å². The maximum absolute atomic E-state index is 12.5. The van der Waals surface area contributed by atoms with Crippen molar-refractivity contribution in [2.45, 2.75) is 50.9 Å². The van der Waals surface area contributed by atoms with Crippen molar-refractivity contribution in [3.63, 3.8) is 0 Å². The molecule has 2 heterocycles. The molecule has 5 nitrogen and oxygen atoms in total. The van der Waals surface area contributed by atoms with E-state index in [4.69, 9.17) is 0 Å². The van der Waals surface area contributed by atoms with Gasteiger partial charge in [-0.25, -0.2) is 4.98 Å². The maximum Gasteiger partial charge on any atom is 0.222 e. The molecule has 3 fully saturated rings. The lowest BCUT2D eigenvalue weighted by Crippen LogP contribution is -2.39. The minimum Gasteiger partial charge on any atom is -0.343 e. The summed E-state index contributed by atoms with van der Waals surface area (Å²) in [6.07, 6.45) is 9.88. The van der Waals surface area contributed by atoms with Gasteiger partial charge in [-0.3, -0.25) is 9.89 Å². The van der Waals surface area contributed by atoms with Crippen LogP contribution < -0.4 is 0 Å². The highest BCUT2D eigenvalue weighted by Gasteiger charge is 2.40. The van der Waals surface area contributed by atoms with Crippen LogP contribution >= 0.6 is 0 Å². The first-order valence-corrected chi connectivity index (χ1v) is 8.42. The summed E-state index contributed by atoms with van der Waals surface area (Å²) in [5, 5.41) is 6.89. The van der Waals surface area contributed by atoms with Gasteiger partial charge in [0.2, 0.25) is 5.91 Å². The zero-order valence-corrected chi connectivity index (χ0v) is 12.5. The van der Waals surface area contributed by atoms with Gasteiger partial charge in [-0.2, -0.15) is 5.10 Å². The summed E-state index contributed by atoms with van der Waals surface area (Å²) in [6, 6.07) is 0. The van der Waals surface area contributed by atoms with Crippen molar-refractivity contribution >= 4 is 5.91 Å². The molecule has 0 spiro atoms. The predicted molar refractivity (Wildman–Crippen MR) is 78.5 cm³/mol. The molecule has 5 heteroatoms. The first-order chi connectivity index (χ1) is 10.3. The van der Waals surface area contributed by atoms with Crippen LogP contribution in [0.15, 0.2) is 6.33 Å². The van der Waals surface area contributed by atoms with Gasteiger partial charge < -0.3 is 4.90 Å². The second kappa shape index (κ2) is 5.43. The van der Waals surface area contributed by atoms with Crippen LogP contribution in [0.2, 0.25) is 0 Å². The molecule has 2 aliphatic carbocycles. The van der Waals surface area contributed by atoms with Crippen molar-refractivity contribution in [1.82, 2.24) is 20.1 Å². The average Bonchev–Trinajstić information content (AvgIpc) is 3.25. The molecule has 1 aliphatic heterocycles. The van der Waals surface area contributed by atoms with Crippen molar-refractivity contribution in [3.8, 4) is 0 Å². The van der Waals surface area contributed by atoms with E-state index in [9.17, 15) is 4.79 Å². The number of carbonyl (C=O) groups is 1. The number of hydrogen-bond acceptors (Lipinski definition) is 3. The van der Waals surface area contributed by atoms with Crippen molar-refractivity contribution in [3.05, 3.63) is 12.2 Å². The van der Waals surface area contributed by atoms with E-state index in [1.165, 1.54) is 25.7 Å². The van der Waals surface area contributed by atoms with Crippen LogP contribution in [-0.4, -0.2) is 39.1 Å². The largest absolute Gasteiger partial charge is 0.343 e. The minimum atomic E-state index is 0.392. The zero-order chi connectivity index (χ0) is 14.2. The lowest BCUT2D eigenvalue weighted by molar-refractivity contribution is -0.133. The number of aromatic nitrogens is 3. The summed E-state index contributed by atoms with van der Waals surface area (Å²) in [4.78, 5) is 18.8. The fourth-order valence-corrected chi connectivity index (χ4v) is 4.79. The SMILES string of the molecule is O=C(CC1CC2CCC1C2)N1CCC(c2ncn[nH]2)CC1. The highest BCUT2D eigenvalue weighted by molar-refractivity contribution is 5.76. The fourth-order valence-electron chi connectivity index (χ4n) is 4.79. The molecule has 1 amide bonds. The Hall–Kier alpha value is -1.39. The Kier molecular flexibility index (Phi) is 3.43. The van der Waals surface area contributed by atoms with Crippen molar-refractivity contribution < 1.29 is 4.79 Å². The highest BCUT2D eigenvalue weighted by atomic mass is 16.2. The topological polar surface area (TPSA) is 61.9 Å². The number of hydrogen-bond donors (Lipinski definition) is 1. The molecule has 114 valence electrons. The van der Waals surface area contributed by atoms with E-state index in [1.807, 2.05) is 0 Å². The molecule has 3 aliphatic rings. The van der Waals surface area contributed by atoms with Crippen molar-refractivity contribution in [2.75, 3.05) is 13.1 Å². The van der Waals surface area contributed by atoms with E-state index in [0.29, 0.717) is 17.7 Å². The molecule has 1 N–H and O–H groups in total. The predicted octanol–water partition coefficient (Wildman–Crippen LogP) is 2.34. The average molecular weight is 288 g/mol. The minimum absolute atomic E-state index is 0.392. The fraction of sp³-hybridized carbons (Fsp3) is 0.812. The van der Waals surface area contributed by atoms with Gasteiger partial charge in [0.15, 0.2) is 0 Å². The van der Waals surface area contributed by atoms with Gasteiger partial charge in [0.25, 0.3) is 0 Å².